The largest absolute Gasteiger partial charge is 0.390 e. The van der Waals surface area contributed by atoms with E-state index in [2.05, 4.69) is 10.2 Å². The molecule has 1 aromatic carbocycles. The SMILES string of the molecule is Cn1cnnc1SC[C@@H](O)CN1C(=O)c2ccccc2C1=O. The van der Waals surface area contributed by atoms with E-state index in [1.165, 1.54) is 11.8 Å². The summed E-state index contributed by atoms with van der Waals surface area (Å²) < 4.78 is 1.74. The first-order valence-corrected chi connectivity index (χ1v) is 7.66. The van der Waals surface area contributed by atoms with Crippen molar-refractivity contribution in [1.82, 2.24) is 19.7 Å². The molecule has 7 nitrogen and oxygen atoms in total. The predicted molar refractivity (Wildman–Crippen MR) is 79.5 cm³/mol. The number of aryl methyl sites for hydroxylation is 1. The van der Waals surface area contributed by atoms with Crippen molar-refractivity contribution in [2.45, 2.75) is 11.3 Å². The molecule has 2 aromatic rings. The summed E-state index contributed by atoms with van der Waals surface area (Å²) in [6, 6.07) is 6.67. The number of hydrogen-bond acceptors (Lipinski definition) is 6. The number of carbonyl (C=O) groups excluding carboxylic acids is 2. The Bertz CT molecular complexity index is 695. The maximum atomic E-state index is 12.2. The van der Waals surface area contributed by atoms with Crippen LogP contribution in [0.5, 0.6) is 0 Å². The molecule has 1 aromatic heterocycles. The smallest absolute Gasteiger partial charge is 0.261 e. The summed E-state index contributed by atoms with van der Waals surface area (Å²) in [5, 5.41) is 18.4. The van der Waals surface area contributed by atoms with Crippen LogP contribution in [0.3, 0.4) is 0 Å². The first-order valence-electron chi connectivity index (χ1n) is 6.68. The molecule has 0 aliphatic carbocycles. The molecule has 3 rings (SSSR count). The highest BCUT2D eigenvalue weighted by Gasteiger charge is 2.36. The maximum Gasteiger partial charge on any atom is 0.261 e. The molecule has 1 atom stereocenters. The number of aliphatic hydroxyl groups excluding tert-OH is 1. The van der Waals surface area contributed by atoms with Crippen LogP contribution >= 0.6 is 11.8 Å². The highest BCUT2D eigenvalue weighted by molar-refractivity contribution is 7.99. The molecule has 114 valence electrons. The molecule has 1 aliphatic rings. The second-order valence-corrected chi connectivity index (χ2v) is 5.94. The number of nitrogens with zero attached hydrogens (tertiary/aromatic N) is 4. The van der Waals surface area contributed by atoms with E-state index >= 15 is 0 Å². The Morgan fingerprint density at radius 1 is 1.23 bits per heavy atom. The Balaban J connectivity index is 1.63. The van der Waals surface area contributed by atoms with Gasteiger partial charge >= 0.3 is 0 Å². The lowest BCUT2D eigenvalue weighted by Crippen LogP contribution is -2.37. The fourth-order valence-electron chi connectivity index (χ4n) is 2.24. The Hall–Kier alpha value is -2.19. The molecular formula is C14H14N4O3S. The number of aliphatic hydroxyl groups is 1. The summed E-state index contributed by atoms with van der Waals surface area (Å²) in [6.45, 7) is -0.0306. The van der Waals surface area contributed by atoms with E-state index in [9.17, 15) is 14.7 Å². The number of rotatable bonds is 5. The van der Waals surface area contributed by atoms with Crippen LogP contribution in [-0.2, 0) is 7.05 Å². The molecular weight excluding hydrogens is 304 g/mol. The van der Waals surface area contributed by atoms with Crippen molar-refractivity contribution in [3.05, 3.63) is 41.7 Å². The van der Waals surface area contributed by atoms with Crippen LogP contribution in [-0.4, -0.2) is 55.0 Å². The van der Waals surface area contributed by atoms with Gasteiger partial charge in [-0.2, -0.15) is 0 Å². The van der Waals surface area contributed by atoms with Gasteiger partial charge in [-0.15, -0.1) is 10.2 Å². The lowest BCUT2D eigenvalue weighted by molar-refractivity contribution is 0.0567. The molecule has 0 fully saturated rings. The van der Waals surface area contributed by atoms with Gasteiger partial charge in [0.2, 0.25) is 0 Å². The van der Waals surface area contributed by atoms with Crippen LogP contribution in [0.25, 0.3) is 0 Å². The van der Waals surface area contributed by atoms with Crippen LogP contribution in [0.2, 0.25) is 0 Å². The normalized spacial score (nSPS) is 15.3. The Morgan fingerprint density at radius 3 is 2.41 bits per heavy atom. The van der Waals surface area contributed by atoms with Gasteiger partial charge in [0.05, 0.1) is 23.8 Å². The van der Waals surface area contributed by atoms with Crippen LogP contribution < -0.4 is 0 Å². The van der Waals surface area contributed by atoms with Gasteiger partial charge in [0.1, 0.15) is 6.33 Å². The van der Waals surface area contributed by atoms with Crippen LogP contribution in [0.15, 0.2) is 35.7 Å². The minimum atomic E-state index is -0.830. The lowest BCUT2D eigenvalue weighted by atomic mass is 10.1. The third-order valence-electron chi connectivity index (χ3n) is 3.35. The number of benzene rings is 1. The fraction of sp³-hybridized carbons (Fsp3) is 0.286. The molecule has 22 heavy (non-hydrogen) atoms. The highest BCUT2D eigenvalue weighted by atomic mass is 32.2. The second kappa shape index (κ2) is 5.90. The zero-order chi connectivity index (χ0) is 15.7. The van der Waals surface area contributed by atoms with Gasteiger partial charge in [0.15, 0.2) is 5.16 Å². The molecule has 0 saturated carbocycles. The zero-order valence-corrected chi connectivity index (χ0v) is 12.7. The molecule has 0 unspecified atom stereocenters. The fourth-order valence-corrected chi connectivity index (χ4v) is 3.04. The van der Waals surface area contributed by atoms with Gasteiger partial charge in [-0.1, -0.05) is 23.9 Å². The third-order valence-corrected chi connectivity index (χ3v) is 4.53. The van der Waals surface area contributed by atoms with Gasteiger partial charge in [-0.25, -0.2) is 0 Å². The first kappa shape index (κ1) is 14.7. The summed E-state index contributed by atoms with van der Waals surface area (Å²) >= 11 is 1.32. The topological polar surface area (TPSA) is 88.3 Å². The van der Waals surface area contributed by atoms with Crippen molar-refractivity contribution in [3.63, 3.8) is 0 Å². The maximum absolute atomic E-state index is 12.2. The Morgan fingerprint density at radius 2 is 1.86 bits per heavy atom. The van der Waals surface area contributed by atoms with Crippen LogP contribution in [0, 0.1) is 0 Å². The van der Waals surface area contributed by atoms with Crippen LogP contribution in [0.4, 0.5) is 0 Å². The summed E-state index contributed by atoms with van der Waals surface area (Å²) in [4.78, 5) is 25.5. The highest BCUT2D eigenvalue weighted by Crippen LogP contribution is 2.23. The van der Waals surface area contributed by atoms with Crippen molar-refractivity contribution in [3.8, 4) is 0 Å². The van der Waals surface area contributed by atoms with Crippen LogP contribution in [0.1, 0.15) is 20.7 Å². The number of aromatic nitrogens is 3. The number of carbonyl (C=O) groups is 2. The number of imide groups is 1. The van der Waals surface area contributed by atoms with E-state index in [0.29, 0.717) is 22.0 Å². The number of hydrogen-bond donors (Lipinski definition) is 1. The molecule has 2 amide bonds. The third kappa shape index (κ3) is 2.62. The van der Waals surface area contributed by atoms with Crippen molar-refractivity contribution < 1.29 is 14.7 Å². The number of amides is 2. The summed E-state index contributed by atoms with van der Waals surface area (Å²) in [5.41, 5.74) is 0.779. The minimum absolute atomic E-state index is 0.0306. The Labute approximate surface area is 130 Å². The quantitative estimate of drug-likeness (QED) is 0.640. The molecule has 0 radical (unpaired) electrons. The van der Waals surface area contributed by atoms with E-state index in [0.717, 1.165) is 4.90 Å². The van der Waals surface area contributed by atoms with Crippen molar-refractivity contribution in [1.29, 1.82) is 0 Å². The zero-order valence-electron chi connectivity index (χ0n) is 11.8. The molecule has 0 saturated heterocycles. The number of β-amino-alcohol motifs (C(OH)–C–C–N with tert-alkyl or cyclic N) is 1. The van der Waals surface area contributed by atoms with Gasteiger partial charge in [-0.3, -0.25) is 14.5 Å². The molecule has 8 heteroatoms. The van der Waals surface area contributed by atoms with Gasteiger partial charge in [-0.05, 0) is 12.1 Å². The summed E-state index contributed by atoms with van der Waals surface area (Å²) in [5.74, 6) is -0.397. The summed E-state index contributed by atoms with van der Waals surface area (Å²) in [7, 11) is 1.80. The average Bonchev–Trinajstić information content (AvgIpc) is 3.03. The summed E-state index contributed by atoms with van der Waals surface area (Å²) in [6.07, 6.45) is 0.739. The predicted octanol–water partition coefficient (Wildman–Crippen LogP) is 0.564. The monoisotopic (exact) mass is 318 g/mol. The van der Waals surface area contributed by atoms with Crippen molar-refractivity contribution in [2.75, 3.05) is 12.3 Å². The standard InChI is InChI=1S/C14H14N4O3S/c1-17-8-15-16-14(17)22-7-9(19)6-18-12(20)10-4-2-3-5-11(10)13(18)21/h2-5,8-9,19H,6-7H2,1H3/t9-/m0/s1. The van der Waals surface area contributed by atoms with Gasteiger partial charge in [0.25, 0.3) is 11.8 Å². The molecule has 0 spiro atoms. The second-order valence-electron chi connectivity index (χ2n) is 4.96. The molecule has 2 heterocycles. The van der Waals surface area contributed by atoms with Crippen molar-refractivity contribution >= 4 is 23.6 Å². The van der Waals surface area contributed by atoms with E-state index in [-0.39, 0.29) is 18.4 Å². The number of fused-ring (bicyclic) bond motifs is 1. The van der Waals surface area contributed by atoms with Gasteiger partial charge in [0, 0.05) is 12.8 Å². The average molecular weight is 318 g/mol. The molecule has 0 bridgehead atoms. The number of thioether (sulfide) groups is 1. The van der Waals surface area contributed by atoms with E-state index in [1.54, 1.807) is 42.2 Å². The van der Waals surface area contributed by atoms with Gasteiger partial charge < -0.3 is 9.67 Å². The lowest BCUT2D eigenvalue weighted by Gasteiger charge is -2.17. The molecule has 1 aliphatic heterocycles. The van der Waals surface area contributed by atoms with Crippen molar-refractivity contribution in [2.24, 2.45) is 7.05 Å². The van der Waals surface area contributed by atoms with E-state index in [1.807, 2.05) is 0 Å². The van der Waals surface area contributed by atoms with E-state index < -0.39 is 6.10 Å². The molecule has 1 N–H and O–H groups in total. The minimum Gasteiger partial charge on any atom is -0.390 e. The Kier molecular flexibility index (Phi) is 3.95. The first-order chi connectivity index (χ1) is 10.6. The van der Waals surface area contributed by atoms with E-state index in [4.69, 9.17) is 0 Å².